The molecule has 0 unspecified atom stereocenters. The first kappa shape index (κ1) is 16.8. The maximum atomic E-state index is 12.1. The summed E-state index contributed by atoms with van der Waals surface area (Å²) in [6.45, 7) is 2.58. The lowest BCUT2D eigenvalue weighted by atomic mass is 10.2. The summed E-state index contributed by atoms with van der Waals surface area (Å²) in [7, 11) is 0. The smallest absolute Gasteiger partial charge is 0.407 e. The Balaban J connectivity index is 1.96. The molecule has 1 aromatic heterocycles. The van der Waals surface area contributed by atoms with Gasteiger partial charge >= 0.3 is 6.09 Å². The Morgan fingerprint density at radius 2 is 2.09 bits per heavy atom. The van der Waals surface area contributed by atoms with Gasteiger partial charge in [-0.05, 0) is 50.6 Å². The maximum Gasteiger partial charge on any atom is 0.407 e. The number of carboxylic acid groups (broad SMARTS) is 1. The average molecular weight is 318 g/mol. The second-order valence-electron chi connectivity index (χ2n) is 5.50. The molecule has 1 heterocycles. The van der Waals surface area contributed by atoms with Crippen molar-refractivity contribution >= 4 is 28.6 Å². The van der Waals surface area contributed by atoms with Crippen LogP contribution >= 0.6 is 0 Å². The van der Waals surface area contributed by atoms with Crippen molar-refractivity contribution in [3.05, 3.63) is 30.0 Å². The minimum Gasteiger partial charge on any atom is -0.465 e. The number of aromatic nitrogens is 1. The molecule has 0 radical (unpaired) electrons. The van der Waals surface area contributed by atoms with Gasteiger partial charge < -0.3 is 21.1 Å². The molecule has 124 valence electrons. The normalized spacial score (nSPS) is 10.7. The Morgan fingerprint density at radius 3 is 2.78 bits per heavy atom. The van der Waals surface area contributed by atoms with Crippen molar-refractivity contribution in [3.8, 4) is 0 Å². The van der Waals surface area contributed by atoms with Crippen LogP contribution in [0.1, 0.15) is 18.5 Å². The summed E-state index contributed by atoms with van der Waals surface area (Å²) >= 11 is 0. The van der Waals surface area contributed by atoms with Crippen molar-refractivity contribution in [1.29, 1.82) is 0 Å². The van der Waals surface area contributed by atoms with E-state index in [9.17, 15) is 9.59 Å². The molecule has 0 atom stereocenters. The first-order valence-electron chi connectivity index (χ1n) is 7.57. The van der Waals surface area contributed by atoms with Gasteiger partial charge in [0.1, 0.15) is 6.54 Å². The van der Waals surface area contributed by atoms with Gasteiger partial charge in [-0.2, -0.15) is 0 Å². The molecule has 0 bridgehead atoms. The van der Waals surface area contributed by atoms with Gasteiger partial charge in [0.25, 0.3) is 0 Å². The SMILES string of the molecule is Cc1cc2cc(NC(=O)CN(CCCCN)C(=O)O)ccc2[nH]1. The Labute approximate surface area is 134 Å². The molecule has 0 aliphatic rings. The Kier molecular flexibility index (Phi) is 5.59. The molecule has 7 nitrogen and oxygen atoms in total. The van der Waals surface area contributed by atoms with E-state index in [1.807, 2.05) is 25.1 Å². The van der Waals surface area contributed by atoms with Crippen LogP contribution in [0.2, 0.25) is 0 Å². The number of hydrogen-bond donors (Lipinski definition) is 4. The lowest BCUT2D eigenvalue weighted by molar-refractivity contribution is -0.117. The van der Waals surface area contributed by atoms with E-state index >= 15 is 0 Å². The Hall–Kier alpha value is -2.54. The van der Waals surface area contributed by atoms with E-state index in [-0.39, 0.29) is 12.5 Å². The van der Waals surface area contributed by atoms with Gasteiger partial charge in [-0.15, -0.1) is 0 Å². The van der Waals surface area contributed by atoms with Gasteiger partial charge in [0, 0.05) is 28.8 Å². The van der Waals surface area contributed by atoms with E-state index in [4.69, 9.17) is 10.8 Å². The van der Waals surface area contributed by atoms with Crippen LogP contribution < -0.4 is 11.1 Å². The molecule has 7 heteroatoms. The van der Waals surface area contributed by atoms with Gasteiger partial charge in [0.15, 0.2) is 0 Å². The third kappa shape index (κ3) is 4.72. The van der Waals surface area contributed by atoms with Crippen LogP contribution in [0, 0.1) is 6.92 Å². The number of hydrogen-bond acceptors (Lipinski definition) is 3. The molecular weight excluding hydrogens is 296 g/mol. The Bertz CT molecular complexity index is 696. The number of nitrogens with zero attached hydrogens (tertiary/aromatic N) is 1. The molecule has 0 saturated heterocycles. The monoisotopic (exact) mass is 318 g/mol. The highest BCUT2D eigenvalue weighted by Crippen LogP contribution is 2.19. The summed E-state index contributed by atoms with van der Waals surface area (Å²) in [6, 6.07) is 7.52. The average Bonchev–Trinajstić information content (AvgIpc) is 2.85. The number of fused-ring (bicyclic) bond motifs is 1. The van der Waals surface area contributed by atoms with E-state index in [2.05, 4.69) is 10.3 Å². The zero-order valence-corrected chi connectivity index (χ0v) is 13.1. The number of anilines is 1. The van der Waals surface area contributed by atoms with Crippen molar-refractivity contribution in [1.82, 2.24) is 9.88 Å². The fraction of sp³-hybridized carbons (Fsp3) is 0.375. The number of rotatable bonds is 7. The topological polar surface area (TPSA) is 111 Å². The van der Waals surface area contributed by atoms with E-state index in [1.54, 1.807) is 6.07 Å². The molecule has 0 saturated carbocycles. The third-order valence-corrected chi connectivity index (χ3v) is 3.53. The number of H-pyrrole nitrogens is 1. The molecule has 0 spiro atoms. The number of nitrogens with one attached hydrogen (secondary N) is 2. The number of unbranched alkanes of at least 4 members (excludes halogenated alkanes) is 1. The lowest BCUT2D eigenvalue weighted by Gasteiger charge is -2.18. The molecule has 0 aliphatic heterocycles. The summed E-state index contributed by atoms with van der Waals surface area (Å²) < 4.78 is 0. The maximum absolute atomic E-state index is 12.1. The third-order valence-electron chi connectivity index (χ3n) is 3.53. The van der Waals surface area contributed by atoms with Gasteiger partial charge in [-0.1, -0.05) is 0 Å². The van der Waals surface area contributed by atoms with Gasteiger partial charge in [0.05, 0.1) is 0 Å². The van der Waals surface area contributed by atoms with Crippen LogP contribution in [0.4, 0.5) is 10.5 Å². The second kappa shape index (κ2) is 7.64. The second-order valence-corrected chi connectivity index (χ2v) is 5.50. The van der Waals surface area contributed by atoms with Crippen molar-refractivity contribution < 1.29 is 14.7 Å². The van der Waals surface area contributed by atoms with Crippen LogP contribution in [0.5, 0.6) is 0 Å². The van der Waals surface area contributed by atoms with Crippen molar-refractivity contribution in [2.75, 3.05) is 25.0 Å². The molecule has 2 rings (SSSR count). The predicted octanol–water partition coefficient (Wildman–Crippen LogP) is 2.13. The van der Waals surface area contributed by atoms with Crippen LogP contribution in [-0.2, 0) is 4.79 Å². The van der Waals surface area contributed by atoms with Crippen LogP contribution in [0.25, 0.3) is 10.9 Å². The molecule has 0 fully saturated rings. The number of amides is 2. The van der Waals surface area contributed by atoms with Crippen molar-refractivity contribution in [2.24, 2.45) is 5.73 Å². The zero-order chi connectivity index (χ0) is 16.8. The van der Waals surface area contributed by atoms with Crippen LogP contribution in [-0.4, -0.2) is 46.6 Å². The number of benzene rings is 1. The van der Waals surface area contributed by atoms with Crippen LogP contribution in [0.3, 0.4) is 0 Å². The van der Waals surface area contributed by atoms with Crippen molar-refractivity contribution in [2.45, 2.75) is 19.8 Å². The summed E-state index contributed by atoms with van der Waals surface area (Å²) in [5.41, 5.74) is 8.08. The highest BCUT2D eigenvalue weighted by molar-refractivity contribution is 5.96. The van der Waals surface area contributed by atoms with Gasteiger partial charge in [-0.3, -0.25) is 9.69 Å². The number of aromatic amines is 1. The number of aryl methyl sites for hydroxylation is 1. The largest absolute Gasteiger partial charge is 0.465 e. The molecule has 0 aliphatic carbocycles. The minimum absolute atomic E-state index is 0.190. The lowest BCUT2D eigenvalue weighted by Crippen LogP contribution is -2.37. The van der Waals surface area contributed by atoms with Crippen LogP contribution in [0.15, 0.2) is 24.3 Å². The predicted molar refractivity (Wildman–Crippen MR) is 89.6 cm³/mol. The summed E-state index contributed by atoms with van der Waals surface area (Å²) in [5, 5.41) is 12.9. The van der Waals surface area contributed by atoms with E-state index in [0.717, 1.165) is 27.9 Å². The highest BCUT2D eigenvalue weighted by Gasteiger charge is 2.15. The first-order chi connectivity index (χ1) is 11.0. The van der Waals surface area contributed by atoms with E-state index < -0.39 is 6.09 Å². The van der Waals surface area contributed by atoms with Gasteiger partial charge in [-0.25, -0.2) is 4.79 Å². The minimum atomic E-state index is -1.10. The fourth-order valence-electron chi connectivity index (χ4n) is 2.42. The van der Waals surface area contributed by atoms with Crippen molar-refractivity contribution in [3.63, 3.8) is 0 Å². The highest BCUT2D eigenvalue weighted by atomic mass is 16.4. The molecule has 2 amide bonds. The molecule has 2 aromatic rings. The fourth-order valence-corrected chi connectivity index (χ4v) is 2.42. The van der Waals surface area contributed by atoms with E-state index in [0.29, 0.717) is 25.2 Å². The molecule has 23 heavy (non-hydrogen) atoms. The molecule has 5 N–H and O–H groups in total. The summed E-state index contributed by atoms with van der Waals surface area (Å²) in [5.74, 6) is -0.355. The Morgan fingerprint density at radius 1 is 1.30 bits per heavy atom. The quantitative estimate of drug-likeness (QED) is 0.586. The number of carbonyl (C=O) groups is 2. The first-order valence-corrected chi connectivity index (χ1v) is 7.57. The molecule has 1 aromatic carbocycles. The standard InChI is InChI=1S/C16H22N4O3/c1-11-8-12-9-13(4-5-14(12)18-11)19-15(21)10-20(16(22)23)7-3-2-6-17/h4-5,8-9,18H,2-3,6-7,10,17H2,1H3,(H,19,21)(H,22,23). The number of carbonyl (C=O) groups excluding carboxylic acids is 1. The summed E-state index contributed by atoms with van der Waals surface area (Å²) in [6.07, 6.45) is 0.272. The molecular formula is C16H22N4O3. The van der Waals surface area contributed by atoms with E-state index in [1.165, 1.54) is 0 Å². The van der Waals surface area contributed by atoms with Gasteiger partial charge in [0.2, 0.25) is 5.91 Å². The summed E-state index contributed by atoms with van der Waals surface area (Å²) in [4.78, 5) is 27.5. The zero-order valence-electron chi connectivity index (χ0n) is 13.1. The number of nitrogens with two attached hydrogens (primary N) is 1.